The van der Waals surface area contributed by atoms with Crippen molar-refractivity contribution in [1.29, 1.82) is 0 Å². The van der Waals surface area contributed by atoms with Crippen molar-refractivity contribution in [3.05, 3.63) is 146 Å². The summed E-state index contributed by atoms with van der Waals surface area (Å²) in [4.78, 5) is 73.1. The van der Waals surface area contributed by atoms with Gasteiger partial charge in [-0.2, -0.15) is 0 Å². The summed E-state index contributed by atoms with van der Waals surface area (Å²) in [5, 5.41) is 10.7. The second-order valence-electron chi connectivity index (χ2n) is 27.7. The van der Waals surface area contributed by atoms with E-state index in [1.54, 1.807) is 0 Å². The topological polar surface area (TPSA) is 237 Å². The summed E-state index contributed by atoms with van der Waals surface area (Å²) in [7, 11) is -10.0. The number of allylic oxidation sites excluding steroid dienone is 24. The Hall–Kier alpha value is -5.06. The number of hydrogen-bond acceptors (Lipinski definition) is 15. The maximum absolute atomic E-state index is 13.1. The molecule has 0 aliphatic heterocycles. The Morgan fingerprint density at radius 1 is 0.269 bits per heavy atom. The molecular weight excluding hydrogens is 1400 g/mol. The van der Waals surface area contributed by atoms with Gasteiger partial charge in [-0.1, -0.05) is 353 Å². The maximum Gasteiger partial charge on any atom is 0.472 e. The van der Waals surface area contributed by atoms with Crippen LogP contribution in [0.25, 0.3) is 0 Å². The molecule has 0 bridgehead atoms. The first-order chi connectivity index (χ1) is 52.7. The highest BCUT2D eigenvalue weighted by Crippen LogP contribution is 2.45. The van der Waals surface area contributed by atoms with Crippen LogP contribution in [-0.4, -0.2) is 96.7 Å². The van der Waals surface area contributed by atoms with E-state index in [0.717, 1.165) is 116 Å². The van der Waals surface area contributed by atoms with E-state index in [9.17, 15) is 43.2 Å². The second-order valence-corrected chi connectivity index (χ2v) is 30.6. The lowest BCUT2D eigenvalue weighted by molar-refractivity contribution is -0.161. The van der Waals surface area contributed by atoms with E-state index < -0.39 is 97.5 Å². The lowest BCUT2D eigenvalue weighted by Crippen LogP contribution is -2.30. The van der Waals surface area contributed by atoms with Gasteiger partial charge in [0, 0.05) is 25.7 Å². The standard InChI is InChI=1S/C89H150O17P2/c1-5-9-13-17-21-25-29-33-37-39-41-43-47-51-55-59-63-67-71-75-88(93)105-84(79-99-86(91)73-69-65-61-57-53-49-45-35-31-27-23-19-15-11-7-3)81-103-107(95,96)101-77-83(90)78-102-108(97,98)104-82-85(80-100-87(92)74-70-66-62-58-54-50-46-36-32-28-24-20-16-12-8-4)106-89(94)76-72-68-64-60-56-52-48-44-42-40-38-34-30-26-22-18-14-10-6-2/h9-10,13-14,21-22,25-26,33-34,37-38,41-44,51-52,55-56,63-64,67-68,83-85,90H,5-8,11-12,15-20,23-24,27-32,35-36,39-40,45-50,53-54,57-62,65-66,69-82H2,1-4H3,(H,95,96)(H,97,98)/b13-9-,14-10-,25-21-,26-22-,37-33-,38-34-,43-41-,44-42-,55-51-,56-52-,67-63-,68-64-/t84-,85-/m1/s1. The van der Waals surface area contributed by atoms with E-state index in [0.29, 0.717) is 38.5 Å². The smallest absolute Gasteiger partial charge is 0.462 e. The predicted octanol–water partition coefficient (Wildman–Crippen LogP) is 25.0. The van der Waals surface area contributed by atoms with Gasteiger partial charge in [0.05, 0.1) is 26.4 Å². The number of carbonyl (C=O) groups excluding carboxylic acids is 4. The van der Waals surface area contributed by atoms with Gasteiger partial charge in [0.2, 0.25) is 0 Å². The monoisotopic (exact) mass is 1550 g/mol. The first-order valence-electron chi connectivity index (χ1n) is 42.1. The lowest BCUT2D eigenvalue weighted by atomic mass is 10.0. The SMILES string of the molecule is CC/C=C\C/C=C\C/C=C\C/C=C\C/C=C\C/C=C\CCC(=O)O[C@H](COC(=O)CCCCCCCCCCCCCCCCC)COP(=O)(O)OCC(O)COP(=O)(O)OC[C@@H](COC(=O)CCCCCCCCCCCCCCCCC)OC(=O)CC/C=C\C/C=C\C/C=C\C/C=C\C/C=C\C/C=C\CC. The van der Waals surface area contributed by atoms with Crippen LogP contribution < -0.4 is 0 Å². The summed E-state index contributed by atoms with van der Waals surface area (Å²) in [6, 6.07) is 0. The van der Waals surface area contributed by atoms with Crippen molar-refractivity contribution in [2.45, 2.75) is 354 Å². The van der Waals surface area contributed by atoms with Gasteiger partial charge in [0.15, 0.2) is 12.2 Å². The van der Waals surface area contributed by atoms with Crippen LogP contribution in [0.3, 0.4) is 0 Å². The summed E-state index contributed by atoms with van der Waals surface area (Å²) in [5.41, 5.74) is 0. The third-order valence-corrected chi connectivity index (χ3v) is 19.3. The number of rotatable bonds is 78. The van der Waals surface area contributed by atoms with Crippen LogP contribution >= 0.6 is 15.6 Å². The van der Waals surface area contributed by atoms with Crippen LogP contribution in [0, 0.1) is 0 Å². The number of phosphoric acid groups is 2. The third kappa shape index (κ3) is 79.0. The quantitative estimate of drug-likeness (QED) is 0.0169. The van der Waals surface area contributed by atoms with Crippen molar-refractivity contribution in [3.63, 3.8) is 0 Å². The zero-order chi connectivity index (χ0) is 78.9. The molecule has 0 aromatic carbocycles. The molecule has 3 N–H and O–H groups in total. The molecule has 0 rings (SSSR count). The molecular formula is C89H150O17P2. The molecule has 0 aromatic rings. The van der Waals surface area contributed by atoms with Crippen LogP contribution in [0.2, 0.25) is 0 Å². The van der Waals surface area contributed by atoms with Gasteiger partial charge in [-0.25, -0.2) is 9.13 Å². The number of hydrogen-bond donors (Lipinski definition) is 3. The number of carbonyl (C=O) groups is 4. The molecule has 0 saturated carbocycles. The van der Waals surface area contributed by atoms with Gasteiger partial charge in [0.25, 0.3) is 0 Å². The Morgan fingerprint density at radius 3 is 0.722 bits per heavy atom. The summed E-state index contributed by atoms with van der Waals surface area (Å²) < 4.78 is 68.6. The second kappa shape index (κ2) is 80.0. The minimum atomic E-state index is -5.01. The fourth-order valence-corrected chi connectivity index (χ4v) is 12.6. The Labute approximate surface area is 656 Å². The van der Waals surface area contributed by atoms with Gasteiger partial charge >= 0.3 is 39.5 Å². The average Bonchev–Trinajstić information content (AvgIpc) is 0.907. The molecule has 19 heteroatoms. The summed E-state index contributed by atoms with van der Waals surface area (Å²) in [6.07, 6.45) is 92.8. The minimum Gasteiger partial charge on any atom is -0.462 e. The third-order valence-electron chi connectivity index (χ3n) is 17.4. The van der Waals surface area contributed by atoms with E-state index in [1.807, 2.05) is 36.5 Å². The maximum atomic E-state index is 13.1. The highest BCUT2D eigenvalue weighted by atomic mass is 31.2. The number of aliphatic hydroxyl groups is 1. The normalized spacial score (nSPS) is 14.5. The number of unbranched alkanes of at least 4 members (excludes halogenated alkanes) is 28. The fraction of sp³-hybridized carbons (Fsp3) is 0.685. The van der Waals surface area contributed by atoms with E-state index in [-0.39, 0.29) is 25.7 Å². The molecule has 2 unspecified atom stereocenters. The van der Waals surface area contributed by atoms with Gasteiger partial charge in [0.1, 0.15) is 19.3 Å². The van der Waals surface area contributed by atoms with Gasteiger partial charge in [-0.05, 0) is 103 Å². The minimum absolute atomic E-state index is 0.0335. The Morgan fingerprint density at radius 2 is 0.481 bits per heavy atom. The molecule has 108 heavy (non-hydrogen) atoms. The van der Waals surface area contributed by atoms with E-state index >= 15 is 0 Å². The average molecular weight is 1550 g/mol. The molecule has 17 nitrogen and oxygen atoms in total. The Bertz CT molecular complexity index is 2440. The van der Waals surface area contributed by atoms with Gasteiger partial charge in [-0.3, -0.25) is 37.3 Å². The zero-order valence-corrected chi connectivity index (χ0v) is 69.5. The van der Waals surface area contributed by atoms with Crippen molar-refractivity contribution in [2.24, 2.45) is 0 Å². The van der Waals surface area contributed by atoms with Crippen LogP contribution in [0.4, 0.5) is 0 Å². The van der Waals surface area contributed by atoms with E-state index in [4.69, 9.17) is 37.0 Å². The van der Waals surface area contributed by atoms with Crippen molar-refractivity contribution in [2.75, 3.05) is 39.6 Å². The highest BCUT2D eigenvalue weighted by molar-refractivity contribution is 7.47. The van der Waals surface area contributed by atoms with Crippen LogP contribution in [-0.2, 0) is 65.4 Å². The van der Waals surface area contributed by atoms with E-state index in [2.05, 4.69) is 137 Å². The summed E-state index contributed by atoms with van der Waals surface area (Å²) in [5.74, 6) is -2.36. The predicted molar refractivity (Wildman–Crippen MR) is 445 cm³/mol. The number of phosphoric ester groups is 2. The van der Waals surface area contributed by atoms with Crippen LogP contribution in [0.5, 0.6) is 0 Å². The molecule has 0 heterocycles. The fourth-order valence-electron chi connectivity index (χ4n) is 11.0. The van der Waals surface area contributed by atoms with Crippen LogP contribution in [0.1, 0.15) is 336 Å². The molecule has 0 fully saturated rings. The van der Waals surface area contributed by atoms with Crippen molar-refractivity contribution in [1.82, 2.24) is 0 Å². The van der Waals surface area contributed by atoms with Crippen LogP contribution in [0.15, 0.2) is 146 Å². The summed E-state index contributed by atoms with van der Waals surface area (Å²) >= 11 is 0. The van der Waals surface area contributed by atoms with E-state index in [1.165, 1.54) is 128 Å². The van der Waals surface area contributed by atoms with Gasteiger partial charge in [-0.15, -0.1) is 0 Å². The van der Waals surface area contributed by atoms with Crippen molar-refractivity contribution < 1.29 is 80.2 Å². The number of ether oxygens (including phenoxy) is 4. The molecule has 4 atom stereocenters. The Kier molecular flexibility index (Phi) is 76.3. The molecule has 0 spiro atoms. The molecule has 0 saturated heterocycles. The van der Waals surface area contributed by atoms with Crippen molar-refractivity contribution in [3.8, 4) is 0 Å². The molecule has 0 aliphatic carbocycles. The number of aliphatic hydroxyl groups excluding tert-OH is 1. The summed E-state index contributed by atoms with van der Waals surface area (Å²) in [6.45, 7) is 4.52. The lowest BCUT2D eigenvalue weighted by Gasteiger charge is -2.21. The molecule has 0 amide bonds. The first kappa shape index (κ1) is 103. The first-order valence-corrected chi connectivity index (χ1v) is 45.1. The largest absolute Gasteiger partial charge is 0.472 e. The highest BCUT2D eigenvalue weighted by Gasteiger charge is 2.30. The molecule has 0 aliphatic rings. The van der Waals surface area contributed by atoms with Gasteiger partial charge < -0.3 is 33.8 Å². The zero-order valence-electron chi connectivity index (χ0n) is 67.7. The Balaban J connectivity index is 5.50. The molecule has 618 valence electrons. The number of esters is 4. The molecule has 0 aromatic heterocycles. The van der Waals surface area contributed by atoms with Crippen molar-refractivity contribution >= 4 is 39.5 Å². The molecule has 0 radical (unpaired) electrons.